The van der Waals surface area contributed by atoms with Gasteiger partial charge in [0, 0.05) is 12.4 Å². The number of nitrogens with zero attached hydrogens (tertiary/aromatic N) is 2. The smallest absolute Gasteiger partial charge is 0.316 e. The maximum Gasteiger partial charge on any atom is 0.316 e. The summed E-state index contributed by atoms with van der Waals surface area (Å²) in [6.45, 7) is 0.435. The first-order chi connectivity index (χ1) is 7.84. The number of ketones is 1. The van der Waals surface area contributed by atoms with Crippen LogP contribution in [0.2, 0.25) is 0 Å². The fourth-order valence-electron chi connectivity index (χ4n) is 1.90. The minimum atomic E-state index is -0.478. The molecule has 0 N–H and O–H groups in total. The molecule has 0 bridgehead atoms. The van der Waals surface area contributed by atoms with Crippen LogP contribution in [0.25, 0.3) is 0 Å². The zero-order valence-electron chi connectivity index (χ0n) is 8.41. The molecule has 2 saturated heterocycles. The van der Waals surface area contributed by atoms with Crippen LogP contribution in [0.5, 0.6) is 6.01 Å². The van der Waals surface area contributed by atoms with E-state index in [1.54, 1.807) is 18.5 Å². The Balaban J connectivity index is 1.71. The Kier molecular flexibility index (Phi) is 2.30. The normalized spacial score (nSPS) is 32.8. The van der Waals surface area contributed by atoms with Crippen LogP contribution in [0.15, 0.2) is 18.5 Å². The van der Waals surface area contributed by atoms with Crippen LogP contribution in [0.3, 0.4) is 0 Å². The number of hydrogen-bond donors (Lipinski definition) is 0. The van der Waals surface area contributed by atoms with Crippen LogP contribution in [0.1, 0.15) is 0 Å². The van der Waals surface area contributed by atoms with Gasteiger partial charge in [-0.3, -0.25) is 4.79 Å². The summed E-state index contributed by atoms with van der Waals surface area (Å²) < 4.78 is 16.2. The van der Waals surface area contributed by atoms with Gasteiger partial charge in [0.25, 0.3) is 0 Å². The Morgan fingerprint density at radius 3 is 2.94 bits per heavy atom. The average Bonchev–Trinajstić information content (AvgIpc) is 2.86. The van der Waals surface area contributed by atoms with Gasteiger partial charge in [0.05, 0.1) is 6.61 Å². The molecule has 2 fully saturated rings. The molecule has 0 unspecified atom stereocenters. The number of carbonyl (C=O) groups is 1. The molecule has 3 heterocycles. The van der Waals surface area contributed by atoms with E-state index in [-0.39, 0.29) is 30.6 Å². The number of rotatable bonds is 2. The molecule has 6 nitrogen and oxygen atoms in total. The van der Waals surface area contributed by atoms with Crippen LogP contribution >= 0.6 is 0 Å². The molecule has 16 heavy (non-hydrogen) atoms. The van der Waals surface area contributed by atoms with Gasteiger partial charge in [0.15, 0.2) is 11.9 Å². The molecular formula is C10H10N2O4. The minimum absolute atomic E-state index is 0.0231. The third-order valence-electron chi connectivity index (χ3n) is 2.64. The van der Waals surface area contributed by atoms with E-state index in [0.717, 1.165) is 0 Å². The molecule has 6 heteroatoms. The molecule has 0 aliphatic carbocycles. The first kappa shape index (κ1) is 9.68. The number of carbonyl (C=O) groups excluding carboxylic acids is 1. The Labute approximate surface area is 91.6 Å². The number of hydrogen-bond acceptors (Lipinski definition) is 6. The number of ether oxygens (including phenoxy) is 3. The van der Waals surface area contributed by atoms with Crippen LogP contribution in [-0.4, -0.2) is 47.3 Å². The van der Waals surface area contributed by atoms with Gasteiger partial charge in [0.2, 0.25) is 0 Å². The lowest BCUT2D eigenvalue weighted by Crippen LogP contribution is -2.34. The number of Topliss-reactive ketones (excluding diaryl/α,β-unsaturated/α-hetero) is 1. The van der Waals surface area contributed by atoms with E-state index in [0.29, 0.717) is 6.61 Å². The molecule has 0 aromatic carbocycles. The largest absolute Gasteiger partial charge is 0.455 e. The maximum atomic E-state index is 11.3. The molecular weight excluding hydrogens is 212 g/mol. The van der Waals surface area contributed by atoms with Gasteiger partial charge in [0.1, 0.15) is 18.8 Å². The summed E-state index contributed by atoms with van der Waals surface area (Å²) in [7, 11) is 0. The van der Waals surface area contributed by atoms with E-state index >= 15 is 0 Å². The summed E-state index contributed by atoms with van der Waals surface area (Å²) >= 11 is 0. The van der Waals surface area contributed by atoms with Crippen LogP contribution in [-0.2, 0) is 14.3 Å². The Morgan fingerprint density at radius 2 is 2.12 bits per heavy atom. The van der Waals surface area contributed by atoms with Crippen molar-refractivity contribution in [2.45, 2.75) is 18.3 Å². The first-order valence-corrected chi connectivity index (χ1v) is 5.04. The van der Waals surface area contributed by atoms with E-state index in [1.165, 1.54) is 0 Å². The van der Waals surface area contributed by atoms with Crippen molar-refractivity contribution in [2.75, 3.05) is 13.2 Å². The molecule has 1 aromatic heterocycles. The van der Waals surface area contributed by atoms with Crippen molar-refractivity contribution in [3.8, 4) is 6.01 Å². The van der Waals surface area contributed by atoms with Crippen molar-refractivity contribution in [3.63, 3.8) is 0 Å². The molecule has 3 atom stereocenters. The maximum absolute atomic E-state index is 11.3. The van der Waals surface area contributed by atoms with Crippen molar-refractivity contribution in [2.24, 2.45) is 0 Å². The van der Waals surface area contributed by atoms with Gasteiger partial charge >= 0.3 is 6.01 Å². The van der Waals surface area contributed by atoms with Gasteiger partial charge in [-0.15, -0.1) is 0 Å². The SMILES string of the molecule is O=C1CO[C@H]2[C@@H]1OC[C@H]2Oc1ncccn1. The molecule has 2 aliphatic heterocycles. The molecule has 2 aliphatic rings. The lowest BCUT2D eigenvalue weighted by molar-refractivity contribution is -0.125. The highest BCUT2D eigenvalue weighted by Crippen LogP contribution is 2.26. The predicted molar refractivity (Wildman–Crippen MR) is 50.9 cm³/mol. The number of aromatic nitrogens is 2. The molecule has 0 radical (unpaired) electrons. The van der Waals surface area contributed by atoms with Crippen LogP contribution < -0.4 is 4.74 Å². The van der Waals surface area contributed by atoms with E-state index in [1.807, 2.05) is 0 Å². The molecule has 1 aromatic rings. The van der Waals surface area contributed by atoms with Gasteiger partial charge in [-0.1, -0.05) is 0 Å². The summed E-state index contributed by atoms with van der Waals surface area (Å²) in [6, 6.07) is 1.98. The summed E-state index contributed by atoms with van der Waals surface area (Å²) in [5.74, 6) is -0.0231. The standard InChI is InChI=1S/C10H10N2O4/c13-6-4-14-9-7(5-15-8(6)9)16-10-11-2-1-3-12-10/h1-3,7-9H,4-5H2/t7-,8-,9-/m1/s1. The zero-order chi connectivity index (χ0) is 11.0. The van der Waals surface area contributed by atoms with Crippen molar-refractivity contribution in [1.82, 2.24) is 9.97 Å². The van der Waals surface area contributed by atoms with E-state index < -0.39 is 6.10 Å². The van der Waals surface area contributed by atoms with E-state index in [9.17, 15) is 4.79 Å². The fraction of sp³-hybridized carbons (Fsp3) is 0.500. The van der Waals surface area contributed by atoms with Crippen molar-refractivity contribution >= 4 is 5.78 Å². The topological polar surface area (TPSA) is 70.5 Å². The third kappa shape index (κ3) is 1.56. The van der Waals surface area contributed by atoms with Crippen molar-refractivity contribution < 1.29 is 19.0 Å². The van der Waals surface area contributed by atoms with Gasteiger partial charge < -0.3 is 14.2 Å². The van der Waals surface area contributed by atoms with Crippen molar-refractivity contribution in [1.29, 1.82) is 0 Å². The minimum Gasteiger partial charge on any atom is -0.455 e. The quantitative estimate of drug-likeness (QED) is 0.677. The van der Waals surface area contributed by atoms with E-state index in [2.05, 4.69) is 9.97 Å². The van der Waals surface area contributed by atoms with Crippen LogP contribution in [0, 0.1) is 0 Å². The first-order valence-electron chi connectivity index (χ1n) is 5.04. The molecule has 84 valence electrons. The molecule has 3 rings (SSSR count). The molecule has 0 amide bonds. The van der Waals surface area contributed by atoms with Gasteiger partial charge in [-0.05, 0) is 6.07 Å². The second-order valence-electron chi connectivity index (χ2n) is 3.68. The summed E-state index contributed by atoms with van der Waals surface area (Å²) in [6.07, 6.45) is 2.08. The van der Waals surface area contributed by atoms with Gasteiger partial charge in [-0.25, -0.2) is 9.97 Å². The monoisotopic (exact) mass is 222 g/mol. The second-order valence-corrected chi connectivity index (χ2v) is 3.68. The Morgan fingerprint density at radius 1 is 1.31 bits per heavy atom. The lowest BCUT2D eigenvalue weighted by Gasteiger charge is -2.15. The highest BCUT2D eigenvalue weighted by atomic mass is 16.6. The summed E-state index contributed by atoms with van der Waals surface area (Å²) in [4.78, 5) is 19.2. The van der Waals surface area contributed by atoms with E-state index in [4.69, 9.17) is 14.2 Å². The highest BCUT2D eigenvalue weighted by molar-refractivity contribution is 5.87. The lowest BCUT2D eigenvalue weighted by atomic mass is 10.1. The average molecular weight is 222 g/mol. The Hall–Kier alpha value is -1.53. The Bertz CT molecular complexity index is 397. The molecule has 0 spiro atoms. The number of fused-ring (bicyclic) bond motifs is 1. The second kappa shape index (κ2) is 3.80. The molecule has 0 saturated carbocycles. The van der Waals surface area contributed by atoms with Crippen molar-refractivity contribution in [3.05, 3.63) is 18.5 Å². The fourth-order valence-corrected chi connectivity index (χ4v) is 1.90. The van der Waals surface area contributed by atoms with Crippen LogP contribution in [0.4, 0.5) is 0 Å². The predicted octanol–water partition coefficient (Wildman–Crippen LogP) is -0.409. The summed E-state index contributed by atoms with van der Waals surface area (Å²) in [5.41, 5.74) is 0. The summed E-state index contributed by atoms with van der Waals surface area (Å²) in [5, 5.41) is 0. The highest BCUT2D eigenvalue weighted by Gasteiger charge is 2.48. The van der Waals surface area contributed by atoms with Gasteiger partial charge in [-0.2, -0.15) is 0 Å². The zero-order valence-corrected chi connectivity index (χ0v) is 8.41. The third-order valence-corrected chi connectivity index (χ3v) is 2.64.